The van der Waals surface area contributed by atoms with Crippen molar-refractivity contribution in [2.24, 2.45) is 0 Å². The summed E-state index contributed by atoms with van der Waals surface area (Å²) in [6.07, 6.45) is 1.25. The van der Waals surface area contributed by atoms with Crippen LogP contribution in [0.1, 0.15) is 36.0 Å². The summed E-state index contributed by atoms with van der Waals surface area (Å²) in [6.45, 7) is 5.72. The van der Waals surface area contributed by atoms with Crippen LogP contribution < -0.4 is 4.74 Å². The molecule has 1 rings (SSSR count). The van der Waals surface area contributed by atoms with Crippen LogP contribution in [0, 0.1) is 13.8 Å². The first kappa shape index (κ1) is 14.0. The van der Waals surface area contributed by atoms with Crippen molar-refractivity contribution in [2.75, 3.05) is 7.11 Å². The Morgan fingerprint density at radius 3 is 2.47 bits per heavy atom. The van der Waals surface area contributed by atoms with E-state index in [0.717, 1.165) is 27.4 Å². The van der Waals surface area contributed by atoms with Gasteiger partial charge in [-0.3, -0.25) is 0 Å². The fourth-order valence-corrected chi connectivity index (χ4v) is 2.49. The number of hydrogen-bond acceptors (Lipinski definition) is 3. The topological polar surface area (TPSA) is 46.5 Å². The Balaban J connectivity index is 3.49. The van der Waals surface area contributed by atoms with Crippen molar-refractivity contribution in [2.45, 2.75) is 33.1 Å². The van der Waals surface area contributed by atoms with E-state index in [0.29, 0.717) is 12.2 Å². The maximum absolute atomic E-state index is 10.6. The Labute approximate surface area is 110 Å². The molecule has 0 aliphatic heterocycles. The van der Waals surface area contributed by atoms with Gasteiger partial charge in [0, 0.05) is 22.0 Å². The van der Waals surface area contributed by atoms with Crippen molar-refractivity contribution in [1.82, 2.24) is 0 Å². The fraction of sp³-hybridized carbons (Fsp3) is 0.462. The Morgan fingerprint density at radius 1 is 1.41 bits per heavy atom. The number of aldehydes is 1. The molecule has 1 N–H and O–H groups in total. The van der Waals surface area contributed by atoms with E-state index >= 15 is 0 Å². The zero-order valence-corrected chi connectivity index (χ0v) is 12.1. The van der Waals surface area contributed by atoms with Crippen LogP contribution in [0.15, 0.2) is 4.47 Å². The van der Waals surface area contributed by atoms with Crippen LogP contribution in [0.5, 0.6) is 11.5 Å². The van der Waals surface area contributed by atoms with Gasteiger partial charge in [-0.1, -0.05) is 22.9 Å². The van der Waals surface area contributed by atoms with E-state index in [1.54, 1.807) is 0 Å². The number of halogens is 1. The van der Waals surface area contributed by atoms with Gasteiger partial charge in [-0.05, 0) is 25.3 Å². The van der Waals surface area contributed by atoms with Gasteiger partial charge in [-0.15, -0.1) is 0 Å². The standard InChI is InChI=1S/C13H17BrO3/c1-7(5-6-15)10-8(2)11(14)9(3)13(17-4)12(10)16/h6-7,16H,5H2,1-4H3. The zero-order chi connectivity index (χ0) is 13.2. The number of phenolic OH excluding ortho intramolecular Hbond substituents is 1. The summed E-state index contributed by atoms with van der Waals surface area (Å²) in [4.78, 5) is 10.6. The Morgan fingerprint density at radius 2 is 2.00 bits per heavy atom. The quantitative estimate of drug-likeness (QED) is 0.866. The van der Waals surface area contributed by atoms with Crippen molar-refractivity contribution in [3.05, 3.63) is 21.2 Å². The summed E-state index contributed by atoms with van der Waals surface area (Å²) in [6, 6.07) is 0. The smallest absolute Gasteiger partial charge is 0.164 e. The van der Waals surface area contributed by atoms with E-state index in [1.165, 1.54) is 7.11 Å². The molecule has 1 atom stereocenters. The molecule has 0 saturated heterocycles. The summed E-state index contributed by atoms with van der Waals surface area (Å²) in [5.74, 6) is 0.577. The number of carbonyl (C=O) groups excluding carboxylic acids is 1. The van der Waals surface area contributed by atoms with Gasteiger partial charge >= 0.3 is 0 Å². The number of ether oxygens (including phenoxy) is 1. The second-order valence-corrected chi connectivity index (χ2v) is 4.96. The first-order valence-electron chi connectivity index (χ1n) is 5.44. The molecule has 0 fully saturated rings. The lowest BCUT2D eigenvalue weighted by Gasteiger charge is -2.20. The lowest BCUT2D eigenvalue weighted by atomic mass is 9.91. The molecule has 3 nitrogen and oxygen atoms in total. The van der Waals surface area contributed by atoms with Crippen molar-refractivity contribution < 1.29 is 14.6 Å². The second-order valence-electron chi connectivity index (χ2n) is 4.16. The lowest BCUT2D eigenvalue weighted by molar-refractivity contribution is -0.108. The van der Waals surface area contributed by atoms with Crippen molar-refractivity contribution >= 4 is 22.2 Å². The largest absolute Gasteiger partial charge is 0.504 e. The Bertz CT molecular complexity index is 441. The van der Waals surface area contributed by atoms with E-state index < -0.39 is 0 Å². The normalized spacial score (nSPS) is 12.3. The number of carbonyl (C=O) groups is 1. The van der Waals surface area contributed by atoms with Crippen LogP contribution in [0.2, 0.25) is 0 Å². The highest BCUT2D eigenvalue weighted by molar-refractivity contribution is 9.10. The van der Waals surface area contributed by atoms with E-state index in [1.807, 2.05) is 20.8 Å². The lowest BCUT2D eigenvalue weighted by Crippen LogP contribution is -2.02. The molecule has 0 aliphatic carbocycles. The van der Waals surface area contributed by atoms with Crippen LogP contribution in [-0.4, -0.2) is 18.5 Å². The van der Waals surface area contributed by atoms with Gasteiger partial charge in [-0.2, -0.15) is 0 Å². The molecule has 4 heteroatoms. The van der Waals surface area contributed by atoms with Crippen LogP contribution in [0.4, 0.5) is 0 Å². The number of hydrogen-bond donors (Lipinski definition) is 1. The SMILES string of the molecule is COc1c(C)c(Br)c(C)c(C(C)CC=O)c1O. The average molecular weight is 301 g/mol. The van der Waals surface area contributed by atoms with Crippen LogP contribution in [-0.2, 0) is 4.79 Å². The Hall–Kier alpha value is -1.03. The first-order valence-corrected chi connectivity index (χ1v) is 6.24. The monoisotopic (exact) mass is 300 g/mol. The number of phenols is 1. The molecule has 0 saturated carbocycles. The van der Waals surface area contributed by atoms with E-state index in [-0.39, 0.29) is 11.7 Å². The maximum atomic E-state index is 10.6. The van der Waals surface area contributed by atoms with Gasteiger partial charge in [0.25, 0.3) is 0 Å². The summed E-state index contributed by atoms with van der Waals surface area (Å²) in [5, 5.41) is 10.2. The van der Waals surface area contributed by atoms with Gasteiger partial charge in [0.05, 0.1) is 7.11 Å². The third-order valence-electron chi connectivity index (χ3n) is 3.02. The van der Waals surface area contributed by atoms with Crippen molar-refractivity contribution in [3.8, 4) is 11.5 Å². The van der Waals surface area contributed by atoms with E-state index in [9.17, 15) is 9.90 Å². The predicted octanol–water partition coefficient (Wildman–Crippen LogP) is 3.47. The van der Waals surface area contributed by atoms with E-state index in [4.69, 9.17) is 4.74 Å². The number of benzene rings is 1. The minimum absolute atomic E-state index is 0.0294. The van der Waals surface area contributed by atoms with Crippen molar-refractivity contribution in [3.63, 3.8) is 0 Å². The second kappa shape index (κ2) is 5.54. The minimum Gasteiger partial charge on any atom is -0.504 e. The summed E-state index contributed by atoms with van der Waals surface area (Å²) < 4.78 is 6.13. The van der Waals surface area contributed by atoms with Gasteiger partial charge in [0.1, 0.15) is 6.29 Å². The summed E-state index contributed by atoms with van der Waals surface area (Å²) in [7, 11) is 1.53. The van der Waals surface area contributed by atoms with Gasteiger partial charge in [0.15, 0.2) is 11.5 Å². The summed E-state index contributed by atoms with van der Waals surface area (Å²) in [5.41, 5.74) is 2.59. The molecule has 94 valence electrons. The van der Waals surface area contributed by atoms with E-state index in [2.05, 4.69) is 15.9 Å². The first-order chi connectivity index (χ1) is 7.95. The van der Waals surface area contributed by atoms with Crippen LogP contribution >= 0.6 is 15.9 Å². The van der Waals surface area contributed by atoms with Crippen molar-refractivity contribution in [1.29, 1.82) is 0 Å². The molecule has 1 aromatic carbocycles. The molecule has 1 unspecified atom stereocenters. The highest BCUT2D eigenvalue weighted by Crippen LogP contribution is 2.44. The molecular weight excluding hydrogens is 284 g/mol. The number of methoxy groups -OCH3 is 1. The molecule has 1 aromatic rings. The molecule has 0 radical (unpaired) electrons. The van der Waals surface area contributed by atoms with Crippen LogP contribution in [0.25, 0.3) is 0 Å². The molecule has 0 amide bonds. The van der Waals surface area contributed by atoms with Gasteiger partial charge in [0.2, 0.25) is 0 Å². The predicted molar refractivity (Wildman–Crippen MR) is 70.9 cm³/mol. The maximum Gasteiger partial charge on any atom is 0.164 e. The molecule has 0 aromatic heterocycles. The van der Waals surface area contributed by atoms with Gasteiger partial charge < -0.3 is 14.6 Å². The molecule has 0 heterocycles. The highest BCUT2D eigenvalue weighted by atomic mass is 79.9. The summed E-state index contributed by atoms with van der Waals surface area (Å²) >= 11 is 3.50. The highest BCUT2D eigenvalue weighted by Gasteiger charge is 2.22. The fourth-order valence-electron chi connectivity index (χ4n) is 2.09. The van der Waals surface area contributed by atoms with Crippen LogP contribution in [0.3, 0.4) is 0 Å². The molecule has 0 aliphatic rings. The molecule has 0 spiro atoms. The number of aromatic hydroxyl groups is 1. The molecule has 0 bridgehead atoms. The molecular formula is C13H17BrO3. The minimum atomic E-state index is -0.0294. The van der Waals surface area contributed by atoms with Gasteiger partial charge in [-0.25, -0.2) is 0 Å². The third-order valence-corrected chi connectivity index (χ3v) is 4.21. The number of rotatable bonds is 4. The Kier molecular flexibility index (Phi) is 4.57. The molecule has 17 heavy (non-hydrogen) atoms. The zero-order valence-electron chi connectivity index (χ0n) is 10.5. The third kappa shape index (κ3) is 2.46. The average Bonchev–Trinajstić information content (AvgIpc) is 2.27.